The first-order valence-electron chi connectivity index (χ1n) is 6.30. The highest BCUT2D eigenvalue weighted by Gasteiger charge is 2.35. The van der Waals surface area contributed by atoms with Gasteiger partial charge in [0.25, 0.3) is 5.91 Å². The van der Waals surface area contributed by atoms with Gasteiger partial charge in [0.1, 0.15) is 4.34 Å². The topological polar surface area (TPSA) is 54.5 Å². The highest BCUT2D eigenvalue weighted by Crippen LogP contribution is 2.33. The first-order valence-corrected chi connectivity index (χ1v) is 9.69. The zero-order valence-electron chi connectivity index (χ0n) is 10.9. The zero-order chi connectivity index (χ0) is 14.9. The Morgan fingerprint density at radius 1 is 1.50 bits per heavy atom. The lowest BCUT2D eigenvalue weighted by Gasteiger charge is -2.27. The van der Waals surface area contributed by atoms with E-state index in [1.54, 1.807) is 11.0 Å². The van der Waals surface area contributed by atoms with Crippen molar-refractivity contribution >= 4 is 50.3 Å². The van der Waals surface area contributed by atoms with Crippen molar-refractivity contribution in [3.05, 3.63) is 20.3 Å². The van der Waals surface area contributed by atoms with Crippen LogP contribution in [0, 0.1) is 0 Å². The summed E-state index contributed by atoms with van der Waals surface area (Å²) in [6, 6.07) is 1.28. The van der Waals surface area contributed by atoms with Gasteiger partial charge in [0.2, 0.25) is 0 Å². The fraction of sp³-hybridized carbons (Fsp3) is 0.583. The second-order valence-electron chi connectivity index (χ2n) is 4.79. The van der Waals surface area contributed by atoms with Crippen LogP contribution in [0.25, 0.3) is 0 Å². The molecule has 1 aromatic heterocycles. The SMILES string of the molecule is CCCN(C(=O)c1cc(Cl)sc1Cl)C1CCS(=O)(=O)C1. The van der Waals surface area contributed by atoms with Crippen LogP contribution in [0.1, 0.15) is 30.1 Å². The highest BCUT2D eigenvalue weighted by atomic mass is 35.5. The standard InChI is InChI=1S/C12H15Cl2NO3S2/c1-2-4-15(8-3-5-20(17,18)7-8)12(16)9-6-10(13)19-11(9)14/h6,8H,2-5,7H2,1H3. The second kappa shape index (κ2) is 6.22. The molecule has 1 aromatic rings. The Bertz CT molecular complexity index is 612. The molecule has 112 valence electrons. The molecule has 0 N–H and O–H groups in total. The van der Waals surface area contributed by atoms with E-state index in [1.165, 1.54) is 0 Å². The van der Waals surface area contributed by atoms with Crippen molar-refractivity contribution in [1.29, 1.82) is 0 Å². The van der Waals surface area contributed by atoms with Gasteiger partial charge >= 0.3 is 0 Å². The highest BCUT2D eigenvalue weighted by molar-refractivity contribution is 7.91. The number of hydrogen-bond donors (Lipinski definition) is 0. The van der Waals surface area contributed by atoms with Crippen LogP contribution in [0.3, 0.4) is 0 Å². The number of sulfone groups is 1. The van der Waals surface area contributed by atoms with Crippen molar-refractivity contribution < 1.29 is 13.2 Å². The van der Waals surface area contributed by atoms with Gasteiger partial charge in [0.15, 0.2) is 9.84 Å². The van der Waals surface area contributed by atoms with Crippen molar-refractivity contribution in [2.45, 2.75) is 25.8 Å². The number of rotatable bonds is 4. The van der Waals surface area contributed by atoms with Gasteiger partial charge in [0.05, 0.1) is 21.4 Å². The summed E-state index contributed by atoms with van der Waals surface area (Å²) < 4.78 is 24.0. The third-order valence-corrected chi connectivity index (χ3v) is 6.50. The molecule has 1 aliphatic heterocycles. The molecule has 0 aromatic carbocycles. The number of amides is 1. The first-order chi connectivity index (χ1) is 9.34. The summed E-state index contributed by atoms with van der Waals surface area (Å²) >= 11 is 13.0. The van der Waals surface area contributed by atoms with E-state index >= 15 is 0 Å². The minimum Gasteiger partial charge on any atom is -0.335 e. The molecule has 0 radical (unpaired) electrons. The fourth-order valence-corrected chi connectivity index (χ4v) is 5.53. The monoisotopic (exact) mass is 355 g/mol. The summed E-state index contributed by atoms with van der Waals surface area (Å²) in [6.07, 6.45) is 1.25. The van der Waals surface area contributed by atoms with Crippen LogP contribution in [0.4, 0.5) is 0 Å². The molecule has 1 amide bonds. The molecule has 0 aliphatic carbocycles. The summed E-state index contributed by atoms with van der Waals surface area (Å²) in [5, 5.41) is 0. The molecular formula is C12H15Cl2NO3S2. The smallest absolute Gasteiger partial charge is 0.256 e. The zero-order valence-corrected chi connectivity index (χ0v) is 14.1. The van der Waals surface area contributed by atoms with Gasteiger partial charge in [-0.25, -0.2) is 8.42 Å². The Morgan fingerprint density at radius 2 is 2.20 bits per heavy atom. The first kappa shape index (κ1) is 16.1. The molecule has 1 fully saturated rings. The summed E-state index contributed by atoms with van der Waals surface area (Å²) in [5.74, 6) is -0.0561. The third kappa shape index (κ3) is 3.47. The van der Waals surface area contributed by atoms with E-state index in [2.05, 4.69) is 0 Å². The molecule has 1 atom stereocenters. The van der Waals surface area contributed by atoms with Crippen molar-refractivity contribution in [1.82, 2.24) is 4.90 Å². The maximum atomic E-state index is 12.6. The number of thiophene rings is 1. The average Bonchev–Trinajstić information content (AvgIpc) is 2.88. The van der Waals surface area contributed by atoms with Gasteiger partial charge in [0, 0.05) is 12.6 Å². The van der Waals surface area contributed by atoms with Crippen LogP contribution < -0.4 is 0 Å². The molecule has 2 rings (SSSR count). The van der Waals surface area contributed by atoms with Crippen molar-refractivity contribution in [3.8, 4) is 0 Å². The summed E-state index contributed by atoms with van der Waals surface area (Å²) in [5.41, 5.74) is 0.361. The molecule has 8 heteroatoms. The Hall–Kier alpha value is -0.300. The molecule has 1 aliphatic rings. The number of hydrogen-bond acceptors (Lipinski definition) is 4. The lowest BCUT2D eigenvalue weighted by Crippen LogP contribution is -2.41. The van der Waals surface area contributed by atoms with Gasteiger partial charge in [-0.2, -0.15) is 0 Å². The second-order valence-corrected chi connectivity index (χ2v) is 9.31. The maximum Gasteiger partial charge on any atom is 0.256 e. The van der Waals surface area contributed by atoms with Gasteiger partial charge in [-0.15, -0.1) is 11.3 Å². The molecule has 0 bridgehead atoms. The number of nitrogens with zero attached hydrogens (tertiary/aromatic N) is 1. The molecule has 0 spiro atoms. The minimum atomic E-state index is -3.03. The molecule has 4 nitrogen and oxygen atoms in total. The van der Waals surface area contributed by atoms with E-state index in [0.717, 1.165) is 17.8 Å². The summed E-state index contributed by atoms with van der Waals surface area (Å²) in [6.45, 7) is 2.47. The van der Waals surface area contributed by atoms with Crippen LogP contribution in [-0.4, -0.2) is 43.3 Å². The normalized spacial score (nSPS) is 21.1. The lowest BCUT2D eigenvalue weighted by molar-refractivity contribution is 0.0698. The molecule has 0 saturated carbocycles. The predicted octanol–water partition coefficient (Wildman–Crippen LogP) is 3.09. The summed E-state index contributed by atoms with van der Waals surface area (Å²) in [4.78, 5) is 14.2. The lowest BCUT2D eigenvalue weighted by atomic mass is 10.1. The Labute approximate surface area is 132 Å². The largest absolute Gasteiger partial charge is 0.335 e. The van der Waals surface area contributed by atoms with Crippen LogP contribution >= 0.6 is 34.5 Å². The predicted molar refractivity (Wildman–Crippen MR) is 82.7 cm³/mol. The van der Waals surface area contributed by atoms with Gasteiger partial charge in [-0.05, 0) is 18.9 Å². The minimum absolute atomic E-state index is 0.0359. The van der Waals surface area contributed by atoms with E-state index < -0.39 is 9.84 Å². The van der Waals surface area contributed by atoms with Gasteiger partial charge < -0.3 is 4.90 Å². The van der Waals surface area contributed by atoms with Crippen LogP contribution in [0.5, 0.6) is 0 Å². The molecule has 1 unspecified atom stereocenters. The number of carbonyl (C=O) groups excluding carboxylic acids is 1. The Balaban J connectivity index is 2.25. The van der Waals surface area contributed by atoms with E-state index in [-0.39, 0.29) is 23.5 Å². The third-order valence-electron chi connectivity index (χ3n) is 3.26. The molecule has 1 saturated heterocycles. The number of carbonyl (C=O) groups is 1. The van der Waals surface area contributed by atoms with E-state index in [9.17, 15) is 13.2 Å². The Kier molecular flexibility index (Phi) is 5.00. The van der Waals surface area contributed by atoms with Gasteiger partial charge in [-0.1, -0.05) is 30.1 Å². The number of halogens is 2. The van der Waals surface area contributed by atoms with Crippen molar-refractivity contribution in [2.75, 3.05) is 18.1 Å². The van der Waals surface area contributed by atoms with E-state index in [0.29, 0.717) is 27.2 Å². The van der Waals surface area contributed by atoms with E-state index in [4.69, 9.17) is 23.2 Å². The molecule has 2 heterocycles. The van der Waals surface area contributed by atoms with Crippen LogP contribution in [-0.2, 0) is 9.84 Å². The van der Waals surface area contributed by atoms with Crippen LogP contribution in [0.2, 0.25) is 8.67 Å². The molecular weight excluding hydrogens is 341 g/mol. The maximum absolute atomic E-state index is 12.6. The van der Waals surface area contributed by atoms with Crippen molar-refractivity contribution in [3.63, 3.8) is 0 Å². The quantitative estimate of drug-likeness (QED) is 0.833. The van der Waals surface area contributed by atoms with Crippen molar-refractivity contribution in [2.24, 2.45) is 0 Å². The summed E-state index contributed by atoms with van der Waals surface area (Å²) in [7, 11) is -3.03. The van der Waals surface area contributed by atoms with Crippen LogP contribution in [0.15, 0.2) is 6.07 Å². The average molecular weight is 356 g/mol. The fourth-order valence-electron chi connectivity index (χ4n) is 2.35. The Morgan fingerprint density at radius 3 is 2.65 bits per heavy atom. The molecule has 20 heavy (non-hydrogen) atoms. The van der Waals surface area contributed by atoms with Gasteiger partial charge in [-0.3, -0.25) is 4.79 Å². The van der Waals surface area contributed by atoms with E-state index in [1.807, 2.05) is 6.92 Å².